The van der Waals surface area contributed by atoms with Crippen molar-refractivity contribution in [1.29, 1.82) is 0 Å². The first kappa shape index (κ1) is 27.8. The minimum Gasteiger partial charge on any atom is -0.508 e. The van der Waals surface area contributed by atoms with Crippen LogP contribution in [0.5, 0.6) is 17.2 Å². The number of phenols is 1. The Morgan fingerprint density at radius 3 is 2.23 bits per heavy atom. The molecule has 1 heterocycles. The third-order valence-electron chi connectivity index (χ3n) is 6.22. The molecule has 1 fully saturated rings. The predicted octanol–water partition coefficient (Wildman–Crippen LogP) is 5.06. The fourth-order valence-corrected chi connectivity index (χ4v) is 5.10. The number of benzene rings is 3. The van der Waals surface area contributed by atoms with E-state index >= 15 is 0 Å². The highest BCUT2D eigenvalue weighted by atomic mass is 35.5. The van der Waals surface area contributed by atoms with E-state index in [1.165, 1.54) is 44.4 Å². The van der Waals surface area contributed by atoms with E-state index in [2.05, 4.69) is 0 Å². The summed E-state index contributed by atoms with van der Waals surface area (Å²) in [6.45, 7) is 0. The van der Waals surface area contributed by atoms with Gasteiger partial charge in [0.1, 0.15) is 16.5 Å². The molecule has 1 amide bonds. The number of phenolic OH excluding ortho intramolecular Hbond substituents is 1. The Bertz CT molecular complexity index is 1500. The molecule has 0 radical (unpaired) electrons. The standard InChI is InChI=1S/C28H23Cl2NO8/c1-37-20(33)11-14-7-9-16(10-8-14)31-23(15-5-4-6-17(32)12-15)21(25(35)28(31)36)24(34)18-13-19(29)27(39-3)22(30)26(18)38-2/h4-10,12-13,23,32,34H,11H2,1-3H3/b24-21+. The molecule has 3 aromatic rings. The average molecular weight is 572 g/mol. The lowest BCUT2D eigenvalue weighted by Gasteiger charge is -2.26. The van der Waals surface area contributed by atoms with Crippen molar-refractivity contribution >= 4 is 52.3 Å². The lowest BCUT2D eigenvalue weighted by Crippen LogP contribution is -2.29. The molecule has 1 unspecified atom stereocenters. The third-order valence-corrected chi connectivity index (χ3v) is 6.84. The molecule has 0 saturated carbocycles. The number of halogens is 2. The van der Waals surface area contributed by atoms with E-state index in [1.807, 2.05) is 0 Å². The molecule has 3 aromatic carbocycles. The summed E-state index contributed by atoms with van der Waals surface area (Å²) in [6.07, 6.45) is 0.0182. The van der Waals surface area contributed by atoms with Crippen molar-refractivity contribution in [2.75, 3.05) is 26.2 Å². The second kappa shape index (κ2) is 11.3. The van der Waals surface area contributed by atoms with E-state index in [-0.39, 0.29) is 44.9 Å². The van der Waals surface area contributed by atoms with Gasteiger partial charge >= 0.3 is 5.97 Å². The van der Waals surface area contributed by atoms with E-state index in [9.17, 15) is 24.6 Å². The molecule has 9 nitrogen and oxygen atoms in total. The van der Waals surface area contributed by atoms with Crippen LogP contribution < -0.4 is 14.4 Å². The molecule has 1 saturated heterocycles. The highest BCUT2D eigenvalue weighted by molar-refractivity contribution is 6.52. The second-order valence-corrected chi connectivity index (χ2v) is 9.26. The molecule has 0 spiro atoms. The number of ether oxygens (including phenoxy) is 3. The van der Waals surface area contributed by atoms with Crippen LogP contribution in [0.25, 0.3) is 5.76 Å². The Hall–Kier alpha value is -4.21. The number of hydrogen-bond acceptors (Lipinski definition) is 8. The summed E-state index contributed by atoms with van der Waals surface area (Å²) in [5.74, 6) is -2.96. The molecule has 4 rings (SSSR count). The Labute approximate surface area is 233 Å². The number of Topliss-reactive ketones (excluding diaryl/α,β-unsaturated/α-hetero) is 1. The van der Waals surface area contributed by atoms with Crippen LogP contribution in [0.3, 0.4) is 0 Å². The number of anilines is 1. The minimum absolute atomic E-state index is 0.0182. The quantitative estimate of drug-likeness (QED) is 0.175. The molecular formula is C28H23Cl2NO8. The van der Waals surface area contributed by atoms with Crippen molar-refractivity contribution in [3.8, 4) is 17.2 Å². The normalized spacial score (nSPS) is 16.3. The van der Waals surface area contributed by atoms with Gasteiger partial charge in [-0.15, -0.1) is 0 Å². The maximum absolute atomic E-state index is 13.5. The maximum Gasteiger partial charge on any atom is 0.309 e. The number of carbonyl (C=O) groups excluding carboxylic acids is 3. The number of nitrogens with zero attached hydrogens (tertiary/aromatic N) is 1. The van der Waals surface area contributed by atoms with Crippen molar-refractivity contribution < 1.29 is 38.8 Å². The van der Waals surface area contributed by atoms with Crippen LogP contribution in [0.2, 0.25) is 10.0 Å². The molecule has 0 aliphatic carbocycles. The van der Waals surface area contributed by atoms with Crippen molar-refractivity contribution in [2.24, 2.45) is 0 Å². The number of carbonyl (C=O) groups is 3. The predicted molar refractivity (Wildman–Crippen MR) is 145 cm³/mol. The van der Waals surface area contributed by atoms with Crippen LogP contribution in [0.1, 0.15) is 22.7 Å². The van der Waals surface area contributed by atoms with Gasteiger partial charge in [0.25, 0.3) is 11.7 Å². The largest absolute Gasteiger partial charge is 0.508 e. The van der Waals surface area contributed by atoms with Gasteiger partial charge in [-0.2, -0.15) is 0 Å². The van der Waals surface area contributed by atoms with Crippen molar-refractivity contribution in [3.05, 3.63) is 86.9 Å². The van der Waals surface area contributed by atoms with Gasteiger partial charge in [-0.05, 0) is 41.5 Å². The van der Waals surface area contributed by atoms with Crippen LogP contribution in [0.15, 0.2) is 60.2 Å². The lowest BCUT2D eigenvalue weighted by atomic mass is 9.94. The first-order chi connectivity index (χ1) is 18.6. The molecule has 2 N–H and O–H groups in total. The van der Waals surface area contributed by atoms with Crippen molar-refractivity contribution in [3.63, 3.8) is 0 Å². The fourth-order valence-electron chi connectivity index (χ4n) is 4.41. The minimum atomic E-state index is -1.15. The number of aromatic hydroxyl groups is 1. The van der Waals surface area contributed by atoms with E-state index in [4.69, 9.17) is 37.4 Å². The van der Waals surface area contributed by atoms with Gasteiger partial charge in [0.2, 0.25) is 0 Å². The Morgan fingerprint density at radius 2 is 1.64 bits per heavy atom. The SMILES string of the molecule is COC(=O)Cc1ccc(N2C(=O)C(=O)/C(=C(/O)c3cc(Cl)c(OC)c(Cl)c3OC)C2c2cccc(O)c2)cc1. The van der Waals surface area contributed by atoms with Crippen LogP contribution >= 0.6 is 23.2 Å². The molecule has 0 bridgehead atoms. The zero-order valence-electron chi connectivity index (χ0n) is 21.0. The Morgan fingerprint density at radius 1 is 0.974 bits per heavy atom. The second-order valence-electron chi connectivity index (χ2n) is 8.47. The molecule has 39 heavy (non-hydrogen) atoms. The molecule has 0 aromatic heterocycles. The molecule has 11 heteroatoms. The van der Waals surface area contributed by atoms with Gasteiger partial charge < -0.3 is 24.4 Å². The zero-order chi connectivity index (χ0) is 28.4. The zero-order valence-corrected chi connectivity index (χ0v) is 22.5. The van der Waals surface area contributed by atoms with Crippen molar-refractivity contribution in [1.82, 2.24) is 0 Å². The van der Waals surface area contributed by atoms with Gasteiger partial charge in [-0.3, -0.25) is 19.3 Å². The Balaban J connectivity index is 1.94. The highest BCUT2D eigenvalue weighted by Gasteiger charge is 2.47. The van der Waals surface area contributed by atoms with E-state index in [0.717, 1.165) is 0 Å². The maximum atomic E-state index is 13.5. The van der Waals surface area contributed by atoms with Crippen LogP contribution in [0.4, 0.5) is 5.69 Å². The highest BCUT2D eigenvalue weighted by Crippen LogP contribution is 2.48. The smallest absolute Gasteiger partial charge is 0.309 e. The van der Waals surface area contributed by atoms with E-state index in [1.54, 1.807) is 36.4 Å². The van der Waals surface area contributed by atoms with Crippen LogP contribution in [-0.4, -0.2) is 49.2 Å². The number of hydrogen-bond donors (Lipinski definition) is 2. The summed E-state index contributed by atoms with van der Waals surface area (Å²) in [5.41, 5.74) is 0.975. The van der Waals surface area contributed by atoms with Gasteiger partial charge in [0.05, 0.1) is 50.0 Å². The molecule has 1 aliphatic rings. The monoisotopic (exact) mass is 571 g/mol. The number of ketones is 1. The number of aliphatic hydroxyl groups excluding tert-OH is 1. The van der Waals surface area contributed by atoms with Gasteiger partial charge in [0, 0.05) is 5.69 Å². The fraction of sp³-hybridized carbons (Fsp3) is 0.179. The van der Waals surface area contributed by atoms with Gasteiger partial charge in [-0.1, -0.05) is 47.5 Å². The number of methoxy groups -OCH3 is 3. The van der Waals surface area contributed by atoms with Gasteiger partial charge in [0.15, 0.2) is 11.5 Å². The topological polar surface area (TPSA) is 123 Å². The summed E-state index contributed by atoms with van der Waals surface area (Å²) in [6, 6.07) is 12.5. The van der Waals surface area contributed by atoms with Crippen molar-refractivity contribution in [2.45, 2.75) is 12.5 Å². The number of amides is 1. The summed E-state index contributed by atoms with van der Waals surface area (Å²) in [7, 11) is 3.95. The van der Waals surface area contributed by atoms with Gasteiger partial charge in [-0.25, -0.2) is 0 Å². The van der Waals surface area contributed by atoms with Crippen LogP contribution in [0, 0.1) is 0 Å². The number of esters is 1. The van der Waals surface area contributed by atoms with Crippen LogP contribution in [-0.2, 0) is 25.5 Å². The number of rotatable bonds is 7. The van der Waals surface area contributed by atoms with E-state index < -0.39 is 29.5 Å². The van der Waals surface area contributed by atoms with E-state index in [0.29, 0.717) is 16.8 Å². The summed E-state index contributed by atoms with van der Waals surface area (Å²) >= 11 is 12.7. The molecule has 1 aliphatic heterocycles. The third kappa shape index (κ3) is 5.10. The summed E-state index contributed by atoms with van der Waals surface area (Å²) in [5, 5.41) is 21.7. The summed E-state index contributed by atoms with van der Waals surface area (Å²) < 4.78 is 15.3. The molecule has 1 atom stereocenters. The lowest BCUT2D eigenvalue weighted by molar-refractivity contribution is -0.139. The first-order valence-corrected chi connectivity index (χ1v) is 12.2. The molecular weight excluding hydrogens is 549 g/mol. The Kier molecular flexibility index (Phi) is 8.03. The summed E-state index contributed by atoms with van der Waals surface area (Å²) in [4.78, 5) is 39.7. The first-order valence-electron chi connectivity index (χ1n) is 11.5. The molecule has 202 valence electrons. The number of aliphatic hydroxyl groups is 1. The average Bonchev–Trinajstić information content (AvgIpc) is 3.18.